The maximum Gasteiger partial charge on any atom is 0.246 e. The first-order valence-corrected chi connectivity index (χ1v) is 7.66. The minimum absolute atomic E-state index is 0.0337. The van der Waals surface area contributed by atoms with Crippen LogP contribution in [0, 0.1) is 13.8 Å². The van der Waals surface area contributed by atoms with E-state index in [2.05, 4.69) is 10.6 Å². The van der Waals surface area contributed by atoms with Crippen LogP contribution in [0.3, 0.4) is 0 Å². The number of carbonyl (C=O) groups excluding carboxylic acids is 1. The van der Waals surface area contributed by atoms with Gasteiger partial charge in [0.25, 0.3) is 0 Å². The van der Waals surface area contributed by atoms with Gasteiger partial charge in [-0.2, -0.15) is 0 Å². The molecule has 0 spiro atoms. The van der Waals surface area contributed by atoms with Gasteiger partial charge < -0.3 is 5.32 Å². The number of hydrogen-bond donors (Lipinski definition) is 2. The smallest absolute Gasteiger partial charge is 0.246 e. The second-order valence-electron chi connectivity index (χ2n) is 5.97. The minimum Gasteiger partial charge on any atom is -0.324 e. The molecule has 0 fully saturated rings. The molecule has 0 aliphatic heterocycles. The molecule has 2 rings (SSSR count). The zero-order valence-electron chi connectivity index (χ0n) is 13.7. The quantitative estimate of drug-likeness (QED) is 0.876. The van der Waals surface area contributed by atoms with Crippen molar-refractivity contribution in [1.82, 2.24) is 5.32 Å². The zero-order valence-corrected chi connectivity index (χ0v) is 13.7. The maximum atomic E-state index is 12.7. The summed E-state index contributed by atoms with van der Waals surface area (Å²) in [7, 11) is 0. The van der Waals surface area contributed by atoms with Crippen LogP contribution in [-0.2, 0) is 4.79 Å². The summed E-state index contributed by atoms with van der Waals surface area (Å²) < 4.78 is 0. The molecule has 1 atom stereocenters. The van der Waals surface area contributed by atoms with E-state index in [-0.39, 0.29) is 18.0 Å². The molecule has 0 heterocycles. The summed E-state index contributed by atoms with van der Waals surface area (Å²) in [6.07, 6.45) is 0. The lowest BCUT2D eigenvalue weighted by atomic mass is 10.0. The predicted octanol–water partition coefficient (Wildman–Crippen LogP) is 3.98. The average molecular weight is 296 g/mol. The molecular formula is C19H24N2O. The van der Waals surface area contributed by atoms with Crippen molar-refractivity contribution in [2.75, 3.05) is 5.32 Å². The molecule has 2 aromatic rings. The lowest BCUT2D eigenvalue weighted by molar-refractivity contribution is -0.118. The van der Waals surface area contributed by atoms with E-state index in [1.54, 1.807) is 0 Å². The molecule has 116 valence electrons. The lowest BCUT2D eigenvalue weighted by Crippen LogP contribution is -2.37. The molecule has 0 saturated heterocycles. The SMILES string of the molecule is Cc1ccc(C)c(NC(=O)C(NC(C)C)c2ccccc2)c1. The molecule has 0 aliphatic rings. The molecule has 2 N–H and O–H groups in total. The Morgan fingerprint density at radius 1 is 1.00 bits per heavy atom. The average Bonchev–Trinajstić information content (AvgIpc) is 2.49. The number of hydrogen-bond acceptors (Lipinski definition) is 2. The highest BCUT2D eigenvalue weighted by Gasteiger charge is 2.21. The third-order valence-corrected chi connectivity index (χ3v) is 3.55. The first kappa shape index (κ1) is 16.2. The molecule has 0 radical (unpaired) electrons. The summed E-state index contributed by atoms with van der Waals surface area (Å²) in [6.45, 7) is 8.11. The first-order valence-electron chi connectivity index (χ1n) is 7.66. The summed E-state index contributed by atoms with van der Waals surface area (Å²) >= 11 is 0. The van der Waals surface area contributed by atoms with E-state index in [1.807, 2.05) is 76.2 Å². The molecule has 3 heteroatoms. The van der Waals surface area contributed by atoms with E-state index >= 15 is 0 Å². The van der Waals surface area contributed by atoms with E-state index < -0.39 is 0 Å². The van der Waals surface area contributed by atoms with Crippen molar-refractivity contribution in [3.8, 4) is 0 Å². The first-order chi connectivity index (χ1) is 10.5. The van der Waals surface area contributed by atoms with Crippen LogP contribution in [0.4, 0.5) is 5.69 Å². The van der Waals surface area contributed by atoms with Crippen molar-refractivity contribution < 1.29 is 4.79 Å². The lowest BCUT2D eigenvalue weighted by Gasteiger charge is -2.22. The Morgan fingerprint density at radius 2 is 1.68 bits per heavy atom. The van der Waals surface area contributed by atoms with Crippen LogP contribution in [0.2, 0.25) is 0 Å². The maximum absolute atomic E-state index is 12.7. The number of anilines is 1. The molecule has 0 aromatic heterocycles. The van der Waals surface area contributed by atoms with Gasteiger partial charge in [-0.1, -0.05) is 42.5 Å². The van der Waals surface area contributed by atoms with Crippen LogP contribution in [-0.4, -0.2) is 11.9 Å². The largest absolute Gasteiger partial charge is 0.324 e. The summed E-state index contributed by atoms with van der Waals surface area (Å²) in [6, 6.07) is 15.8. The van der Waals surface area contributed by atoms with Crippen LogP contribution in [0.25, 0.3) is 0 Å². The van der Waals surface area contributed by atoms with Crippen LogP contribution in [0.5, 0.6) is 0 Å². The topological polar surface area (TPSA) is 41.1 Å². The third kappa shape index (κ3) is 4.18. The summed E-state index contributed by atoms with van der Waals surface area (Å²) in [5.41, 5.74) is 4.04. The number of carbonyl (C=O) groups is 1. The van der Waals surface area contributed by atoms with Gasteiger partial charge in [0.05, 0.1) is 0 Å². The predicted molar refractivity (Wildman–Crippen MR) is 92.0 cm³/mol. The Kier molecular flexibility index (Phi) is 5.34. The molecule has 1 unspecified atom stereocenters. The number of benzene rings is 2. The van der Waals surface area contributed by atoms with E-state index in [1.165, 1.54) is 0 Å². The fraction of sp³-hybridized carbons (Fsp3) is 0.316. The molecule has 0 saturated carbocycles. The number of amides is 1. The molecule has 22 heavy (non-hydrogen) atoms. The molecular weight excluding hydrogens is 272 g/mol. The van der Waals surface area contributed by atoms with Gasteiger partial charge in [0.2, 0.25) is 5.91 Å². The fourth-order valence-corrected chi connectivity index (χ4v) is 2.38. The highest BCUT2D eigenvalue weighted by atomic mass is 16.2. The summed E-state index contributed by atoms with van der Waals surface area (Å²) in [5.74, 6) is -0.0337. The van der Waals surface area contributed by atoms with E-state index in [9.17, 15) is 4.79 Å². The van der Waals surface area contributed by atoms with Crippen LogP contribution >= 0.6 is 0 Å². The second kappa shape index (κ2) is 7.23. The summed E-state index contributed by atoms with van der Waals surface area (Å²) in [5, 5.41) is 6.39. The van der Waals surface area contributed by atoms with Crippen LogP contribution in [0.15, 0.2) is 48.5 Å². The molecule has 0 aliphatic carbocycles. The summed E-state index contributed by atoms with van der Waals surface area (Å²) in [4.78, 5) is 12.7. The van der Waals surface area contributed by atoms with Gasteiger partial charge in [-0.25, -0.2) is 0 Å². The van der Waals surface area contributed by atoms with Crippen molar-refractivity contribution in [3.63, 3.8) is 0 Å². The van der Waals surface area contributed by atoms with Gasteiger partial charge in [-0.05, 0) is 50.5 Å². The Balaban J connectivity index is 2.24. The van der Waals surface area contributed by atoms with E-state index in [0.29, 0.717) is 0 Å². The van der Waals surface area contributed by atoms with Gasteiger partial charge in [-0.15, -0.1) is 0 Å². The normalized spacial score (nSPS) is 12.2. The van der Waals surface area contributed by atoms with Gasteiger partial charge in [-0.3, -0.25) is 10.1 Å². The van der Waals surface area contributed by atoms with Crippen molar-refractivity contribution in [1.29, 1.82) is 0 Å². The Hall–Kier alpha value is -2.13. The Bertz CT molecular complexity index is 635. The highest BCUT2D eigenvalue weighted by molar-refractivity contribution is 5.96. The van der Waals surface area contributed by atoms with Crippen LogP contribution < -0.4 is 10.6 Å². The molecule has 1 amide bonds. The van der Waals surface area contributed by atoms with E-state index in [4.69, 9.17) is 0 Å². The minimum atomic E-state index is -0.360. The number of rotatable bonds is 5. The van der Waals surface area contributed by atoms with Gasteiger partial charge in [0, 0.05) is 11.7 Å². The van der Waals surface area contributed by atoms with E-state index in [0.717, 1.165) is 22.4 Å². The fourth-order valence-electron chi connectivity index (χ4n) is 2.38. The van der Waals surface area contributed by atoms with Crippen molar-refractivity contribution in [3.05, 3.63) is 65.2 Å². The van der Waals surface area contributed by atoms with Crippen molar-refractivity contribution in [2.45, 2.75) is 39.8 Å². The van der Waals surface area contributed by atoms with Crippen molar-refractivity contribution in [2.24, 2.45) is 0 Å². The van der Waals surface area contributed by atoms with Crippen LogP contribution in [0.1, 0.15) is 36.6 Å². The molecule has 3 nitrogen and oxygen atoms in total. The van der Waals surface area contributed by atoms with Gasteiger partial charge in [0.1, 0.15) is 6.04 Å². The van der Waals surface area contributed by atoms with Gasteiger partial charge in [0.15, 0.2) is 0 Å². The molecule has 2 aromatic carbocycles. The van der Waals surface area contributed by atoms with Crippen molar-refractivity contribution >= 4 is 11.6 Å². The molecule has 0 bridgehead atoms. The third-order valence-electron chi connectivity index (χ3n) is 3.55. The second-order valence-corrected chi connectivity index (χ2v) is 5.97. The van der Waals surface area contributed by atoms with Gasteiger partial charge >= 0.3 is 0 Å². The zero-order chi connectivity index (χ0) is 16.1. The Labute approximate surface area is 132 Å². The highest BCUT2D eigenvalue weighted by Crippen LogP contribution is 2.20. The number of aryl methyl sites for hydroxylation is 2. The Morgan fingerprint density at radius 3 is 2.32 bits per heavy atom. The monoisotopic (exact) mass is 296 g/mol. The number of nitrogens with one attached hydrogen (secondary N) is 2. The standard InChI is InChI=1S/C19H24N2O/c1-13(2)20-18(16-8-6-5-7-9-16)19(22)21-17-12-14(3)10-11-15(17)4/h5-13,18,20H,1-4H3,(H,21,22).